The Morgan fingerprint density at radius 1 is 1.17 bits per heavy atom. The van der Waals surface area contributed by atoms with Gasteiger partial charge in [0.1, 0.15) is 17.1 Å². The molecule has 0 bridgehead atoms. The lowest BCUT2D eigenvalue weighted by Gasteiger charge is -2.29. The van der Waals surface area contributed by atoms with E-state index < -0.39 is 17.6 Å². The van der Waals surface area contributed by atoms with E-state index in [9.17, 15) is 14.0 Å². The van der Waals surface area contributed by atoms with Crippen LogP contribution in [0.15, 0.2) is 48.0 Å². The highest BCUT2D eigenvalue weighted by Gasteiger charge is 2.35. The molecule has 0 unspecified atom stereocenters. The van der Waals surface area contributed by atoms with Gasteiger partial charge in [-0.1, -0.05) is 12.1 Å². The van der Waals surface area contributed by atoms with Gasteiger partial charge in [-0.3, -0.25) is 14.9 Å². The maximum absolute atomic E-state index is 14.3. The standard InChI is InChI=1S/C22H22FN3O3S/c1-4-25(5-2)15-11-10-14(19(13-15)29-3)12-16-20(27)24-22(30)26(21(16)28)18-9-7-6-8-17(18)23/h6-13H,4-5H2,1-3H3,(H,24,27,30). The maximum atomic E-state index is 14.3. The molecule has 1 heterocycles. The zero-order valence-corrected chi connectivity index (χ0v) is 17.8. The summed E-state index contributed by atoms with van der Waals surface area (Å²) >= 11 is 5.11. The van der Waals surface area contributed by atoms with Crippen molar-refractivity contribution in [3.8, 4) is 5.75 Å². The Kier molecular flexibility index (Phi) is 6.47. The lowest BCUT2D eigenvalue weighted by Crippen LogP contribution is -2.54. The second-order valence-electron chi connectivity index (χ2n) is 6.51. The second-order valence-corrected chi connectivity index (χ2v) is 6.89. The molecule has 0 aliphatic carbocycles. The number of thiocarbonyl (C=S) groups is 1. The summed E-state index contributed by atoms with van der Waals surface area (Å²) in [6.45, 7) is 5.76. The maximum Gasteiger partial charge on any atom is 0.270 e. The second kappa shape index (κ2) is 9.04. The van der Waals surface area contributed by atoms with Crippen molar-refractivity contribution in [1.29, 1.82) is 0 Å². The van der Waals surface area contributed by atoms with Crippen LogP contribution in [0, 0.1) is 5.82 Å². The molecule has 1 saturated heterocycles. The van der Waals surface area contributed by atoms with E-state index in [2.05, 4.69) is 24.1 Å². The Bertz CT molecular complexity index is 1030. The number of rotatable bonds is 6. The number of nitrogens with zero attached hydrogens (tertiary/aromatic N) is 2. The lowest BCUT2D eigenvalue weighted by atomic mass is 10.1. The SMILES string of the molecule is CCN(CC)c1ccc(C=C2C(=O)NC(=S)N(c3ccccc3F)C2=O)c(OC)c1. The number of carbonyl (C=O) groups is 2. The van der Waals surface area contributed by atoms with E-state index in [0.29, 0.717) is 11.3 Å². The third-order valence-corrected chi connectivity index (χ3v) is 5.13. The molecule has 1 N–H and O–H groups in total. The molecule has 1 aliphatic heterocycles. The first kappa shape index (κ1) is 21.4. The summed E-state index contributed by atoms with van der Waals surface area (Å²) in [5.74, 6) is -1.46. The van der Waals surface area contributed by atoms with Gasteiger partial charge in [-0.15, -0.1) is 0 Å². The normalized spacial score (nSPS) is 15.4. The van der Waals surface area contributed by atoms with Crippen LogP contribution in [0.5, 0.6) is 5.75 Å². The number of halogens is 1. The molecule has 6 nitrogen and oxygen atoms in total. The smallest absolute Gasteiger partial charge is 0.270 e. The Hall–Kier alpha value is -3.26. The molecule has 0 atom stereocenters. The van der Waals surface area contributed by atoms with Crippen molar-refractivity contribution in [1.82, 2.24) is 5.32 Å². The van der Waals surface area contributed by atoms with Crippen LogP contribution in [0.3, 0.4) is 0 Å². The molecule has 0 spiro atoms. The molecule has 3 rings (SSSR count). The van der Waals surface area contributed by atoms with Crippen LogP contribution in [0.1, 0.15) is 19.4 Å². The van der Waals surface area contributed by atoms with E-state index in [0.717, 1.165) is 23.7 Å². The van der Waals surface area contributed by atoms with Crippen molar-refractivity contribution in [2.75, 3.05) is 30.0 Å². The highest BCUT2D eigenvalue weighted by atomic mass is 32.1. The van der Waals surface area contributed by atoms with E-state index in [-0.39, 0.29) is 16.4 Å². The fourth-order valence-electron chi connectivity index (χ4n) is 3.27. The number of carbonyl (C=O) groups excluding carboxylic acids is 2. The van der Waals surface area contributed by atoms with Gasteiger partial charge in [0.05, 0.1) is 12.8 Å². The number of hydrogen-bond acceptors (Lipinski definition) is 5. The van der Waals surface area contributed by atoms with Gasteiger partial charge in [0.2, 0.25) is 0 Å². The van der Waals surface area contributed by atoms with E-state index in [1.54, 1.807) is 12.1 Å². The molecule has 0 radical (unpaired) electrons. The Morgan fingerprint density at radius 2 is 1.87 bits per heavy atom. The highest BCUT2D eigenvalue weighted by Crippen LogP contribution is 2.30. The third-order valence-electron chi connectivity index (χ3n) is 4.84. The summed E-state index contributed by atoms with van der Waals surface area (Å²) in [6.07, 6.45) is 1.43. The van der Waals surface area contributed by atoms with Crippen molar-refractivity contribution in [2.24, 2.45) is 0 Å². The summed E-state index contributed by atoms with van der Waals surface area (Å²) in [6, 6.07) is 11.3. The predicted molar refractivity (Wildman–Crippen MR) is 119 cm³/mol. The van der Waals surface area contributed by atoms with Crippen LogP contribution in [-0.4, -0.2) is 37.1 Å². The molecule has 2 amide bonds. The van der Waals surface area contributed by atoms with Crippen molar-refractivity contribution in [3.63, 3.8) is 0 Å². The average Bonchev–Trinajstić information content (AvgIpc) is 2.73. The molecular formula is C22H22FN3O3S. The third kappa shape index (κ3) is 4.04. The topological polar surface area (TPSA) is 61.9 Å². The van der Waals surface area contributed by atoms with Gasteiger partial charge in [0, 0.05) is 30.4 Å². The van der Waals surface area contributed by atoms with Gasteiger partial charge in [0.15, 0.2) is 5.11 Å². The molecule has 2 aromatic rings. The largest absolute Gasteiger partial charge is 0.496 e. The number of benzene rings is 2. The molecule has 156 valence electrons. The average molecular weight is 428 g/mol. The molecule has 30 heavy (non-hydrogen) atoms. The van der Waals surface area contributed by atoms with Gasteiger partial charge < -0.3 is 9.64 Å². The molecule has 2 aromatic carbocycles. The Morgan fingerprint density at radius 3 is 2.50 bits per heavy atom. The minimum Gasteiger partial charge on any atom is -0.496 e. The first-order valence-corrected chi connectivity index (χ1v) is 9.91. The molecule has 0 saturated carbocycles. The van der Waals surface area contributed by atoms with Crippen molar-refractivity contribution in [2.45, 2.75) is 13.8 Å². The van der Waals surface area contributed by atoms with Crippen molar-refractivity contribution >= 4 is 46.6 Å². The fourth-order valence-corrected chi connectivity index (χ4v) is 3.54. The van der Waals surface area contributed by atoms with Crippen LogP contribution in [-0.2, 0) is 9.59 Å². The summed E-state index contributed by atoms with van der Waals surface area (Å²) in [5, 5.41) is 2.28. The van der Waals surface area contributed by atoms with E-state index in [1.165, 1.54) is 31.4 Å². The van der Waals surface area contributed by atoms with Gasteiger partial charge >= 0.3 is 0 Å². The number of para-hydroxylation sites is 1. The Labute approximate surface area is 179 Å². The Balaban J connectivity index is 2.03. The minimum absolute atomic E-state index is 0.0257. The zero-order valence-electron chi connectivity index (χ0n) is 16.9. The lowest BCUT2D eigenvalue weighted by molar-refractivity contribution is -0.122. The minimum atomic E-state index is -0.705. The fraction of sp³-hybridized carbons (Fsp3) is 0.227. The van der Waals surface area contributed by atoms with Crippen LogP contribution in [0.25, 0.3) is 6.08 Å². The summed E-state index contributed by atoms with van der Waals surface area (Å²) in [7, 11) is 1.52. The molecule has 0 aromatic heterocycles. The number of nitrogens with one attached hydrogen (secondary N) is 1. The van der Waals surface area contributed by atoms with E-state index in [4.69, 9.17) is 17.0 Å². The van der Waals surface area contributed by atoms with Gasteiger partial charge in [-0.05, 0) is 56.4 Å². The van der Waals surface area contributed by atoms with Gasteiger partial charge in [0.25, 0.3) is 11.8 Å². The number of amides is 2. The molecular weight excluding hydrogens is 405 g/mol. The quantitative estimate of drug-likeness (QED) is 0.434. The summed E-state index contributed by atoms with van der Waals surface area (Å²) < 4.78 is 19.7. The van der Waals surface area contributed by atoms with Gasteiger partial charge in [-0.2, -0.15) is 0 Å². The monoisotopic (exact) mass is 427 g/mol. The van der Waals surface area contributed by atoms with Crippen LogP contribution >= 0.6 is 12.2 Å². The number of methoxy groups -OCH3 is 1. The summed E-state index contributed by atoms with van der Waals surface area (Å²) in [4.78, 5) is 28.7. The number of ether oxygens (including phenoxy) is 1. The van der Waals surface area contributed by atoms with Crippen LogP contribution in [0.2, 0.25) is 0 Å². The van der Waals surface area contributed by atoms with E-state index in [1.807, 2.05) is 12.1 Å². The van der Waals surface area contributed by atoms with Crippen LogP contribution in [0.4, 0.5) is 15.8 Å². The van der Waals surface area contributed by atoms with Crippen molar-refractivity contribution < 1.29 is 18.7 Å². The molecule has 8 heteroatoms. The predicted octanol–water partition coefficient (Wildman–Crippen LogP) is 3.51. The van der Waals surface area contributed by atoms with E-state index >= 15 is 0 Å². The summed E-state index contributed by atoms with van der Waals surface area (Å²) in [5.41, 5.74) is 1.32. The van der Waals surface area contributed by atoms with Crippen LogP contribution < -0.4 is 19.9 Å². The first-order valence-electron chi connectivity index (χ1n) is 9.50. The highest BCUT2D eigenvalue weighted by molar-refractivity contribution is 7.80. The van der Waals surface area contributed by atoms with Crippen molar-refractivity contribution in [3.05, 3.63) is 59.4 Å². The first-order chi connectivity index (χ1) is 14.4. The molecule has 1 aliphatic rings. The molecule has 1 fully saturated rings. The number of hydrogen-bond donors (Lipinski definition) is 1. The van der Waals surface area contributed by atoms with Gasteiger partial charge in [-0.25, -0.2) is 9.29 Å². The number of anilines is 2. The zero-order chi connectivity index (χ0) is 21.8.